The van der Waals surface area contributed by atoms with Gasteiger partial charge in [-0.05, 0) is 38.6 Å². The Morgan fingerprint density at radius 1 is 1.39 bits per heavy atom. The van der Waals surface area contributed by atoms with E-state index >= 15 is 0 Å². The summed E-state index contributed by atoms with van der Waals surface area (Å²) in [5, 5.41) is 4.31. The second-order valence-corrected chi connectivity index (χ2v) is 5.55. The molecule has 0 bridgehead atoms. The van der Waals surface area contributed by atoms with E-state index in [4.69, 9.17) is 5.73 Å². The van der Waals surface area contributed by atoms with Crippen LogP contribution in [0, 0.1) is 5.41 Å². The number of rotatable bonds is 8. The Kier molecular flexibility index (Phi) is 5.79. The van der Waals surface area contributed by atoms with Crippen molar-refractivity contribution in [2.45, 2.75) is 65.8 Å². The van der Waals surface area contributed by atoms with E-state index in [1.165, 1.54) is 19.3 Å². The maximum absolute atomic E-state index is 6.04. The molecule has 0 amide bonds. The zero-order chi connectivity index (χ0) is 13.6. The normalized spacial score (nSPS) is 15.0. The summed E-state index contributed by atoms with van der Waals surface area (Å²) in [6, 6.07) is 0.362. The fraction of sp³-hybridized carbons (Fsp3) is 0.857. The van der Waals surface area contributed by atoms with Crippen molar-refractivity contribution in [1.82, 2.24) is 14.8 Å². The van der Waals surface area contributed by atoms with Crippen LogP contribution in [0.5, 0.6) is 0 Å². The van der Waals surface area contributed by atoms with E-state index in [1.807, 2.05) is 4.68 Å². The fourth-order valence-corrected chi connectivity index (χ4v) is 2.43. The van der Waals surface area contributed by atoms with Crippen LogP contribution in [0.25, 0.3) is 0 Å². The average molecular weight is 252 g/mol. The van der Waals surface area contributed by atoms with E-state index in [0.717, 1.165) is 25.2 Å². The predicted octanol–water partition coefficient (Wildman–Crippen LogP) is 2.95. The van der Waals surface area contributed by atoms with Crippen LogP contribution in [-0.4, -0.2) is 21.3 Å². The largest absolute Gasteiger partial charge is 0.330 e. The minimum atomic E-state index is 0.190. The molecule has 0 aliphatic carbocycles. The van der Waals surface area contributed by atoms with Crippen LogP contribution >= 0.6 is 0 Å². The summed E-state index contributed by atoms with van der Waals surface area (Å²) >= 11 is 0. The molecule has 1 rings (SSSR count). The van der Waals surface area contributed by atoms with Crippen LogP contribution in [-0.2, 0) is 6.42 Å². The molecule has 0 aliphatic rings. The molecule has 0 radical (unpaired) electrons. The number of aromatic nitrogens is 3. The first-order valence-electron chi connectivity index (χ1n) is 7.17. The van der Waals surface area contributed by atoms with Gasteiger partial charge < -0.3 is 5.73 Å². The van der Waals surface area contributed by atoms with E-state index < -0.39 is 0 Å². The van der Waals surface area contributed by atoms with Crippen molar-refractivity contribution in [3.63, 3.8) is 0 Å². The molecule has 0 saturated heterocycles. The average Bonchev–Trinajstić information content (AvgIpc) is 2.82. The van der Waals surface area contributed by atoms with Gasteiger partial charge in [0.25, 0.3) is 0 Å². The summed E-state index contributed by atoms with van der Waals surface area (Å²) in [5.41, 5.74) is 6.23. The van der Waals surface area contributed by atoms with E-state index in [1.54, 1.807) is 6.33 Å². The number of hydrogen-bond donors (Lipinski definition) is 1. The molecule has 1 aromatic rings. The van der Waals surface area contributed by atoms with Crippen LogP contribution in [0.4, 0.5) is 0 Å². The Balaban J connectivity index is 2.85. The van der Waals surface area contributed by atoms with E-state index in [2.05, 4.69) is 37.8 Å². The predicted molar refractivity (Wildman–Crippen MR) is 75.4 cm³/mol. The zero-order valence-corrected chi connectivity index (χ0v) is 12.3. The second-order valence-electron chi connectivity index (χ2n) is 5.55. The molecule has 1 heterocycles. The molecule has 104 valence electrons. The first kappa shape index (κ1) is 15.2. The number of nitrogens with two attached hydrogens (primary N) is 1. The van der Waals surface area contributed by atoms with Crippen molar-refractivity contribution >= 4 is 0 Å². The lowest BCUT2D eigenvalue weighted by Crippen LogP contribution is -2.33. The summed E-state index contributed by atoms with van der Waals surface area (Å²) in [4.78, 5) is 4.42. The van der Waals surface area contributed by atoms with Crippen molar-refractivity contribution in [2.75, 3.05) is 6.54 Å². The van der Waals surface area contributed by atoms with Crippen molar-refractivity contribution in [3.8, 4) is 0 Å². The summed E-state index contributed by atoms with van der Waals surface area (Å²) in [7, 11) is 0. The lowest BCUT2D eigenvalue weighted by Gasteiger charge is -2.31. The van der Waals surface area contributed by atoms with Crippen LogP contribution in [0.2, 0.25) is 0 Å². The summed E-state index contributed by atoms with van der Waals surface area (Å²) < 4.78 is 2.02. The number of nitrogens with zero attached hydrogens (tertiary/aromatic N) is 3. The van der Waals surface area contributed by atoms with Crippen LogP contribution in [0.1, 0.15) is 65.2 Å². The molecule has 0 fully saturated rings. The van der Waals surface area contributed by atoms with Gasteiger partial charge >= 0.3 is 0 Å². The van der Waals surface area contributed by atoms with Crippen molar-refractivity contribution in [3.05, 3.63) is 12.2 Å². The minimum Gasteiger partial charge on any atom is -0.330 e. The van der Waals surface area contributed by atoms with E-state index in [9.17, 15) is 0 Å². The van der Waals surface area contributed by atoms with Gasteiger partial charge in [0.15, 0.2) is 0 Å². The van der Waals surface area contributed by atoms with Gasteiger partial charge in [0.05, 0.1) is 0 Å². The fourth-order valence-electron chi connectivity index (χ4n) is 2.43. The molecule has 1 aromatic heterocycles. The molecule has 18 heavy (non-hydrogen) atoms. The molecule has 4 heteroatoms. The molecule has 0 saturated carbocycles. The number of unbranched alkanes of at least 4 members (excludes halogenated alkanes) is 1. The molecule has 1 atom stereocenters. The summed E-state index contributed by atoms with van der Waals surface area (Å²) in [5.74, 6) is 1.08. The summed E-state index contributed by atoms with van der Waals surface area (Å²) in [6.45, 7) is 9.47. The molecule has 1 unspecified atom stereocenters. The Morgan fingerprint density at radius 3 is 2.61 bits per heavy atom. The summed E-state index contributed by atoms with van der Waals surface area (Å²) in [6.07, 6.45) is 7.35. The molecule has 4 nitrogen and oxygen atoms in total. The van der Waals surface area contributed by atoms with Crippen LogP contribution in [0.3, 0.4) is 0 Å². The highest BCUT2D eigenvalue weighted by Gasteiger charge is 2.28. The Bertz CT molecular complexity index is 339. The Labute approximate surface area is 111 Å². The third kappa shape index (κ3) is 3.55. The molecule has 0 spiro atoms. The molecule has 0 aromatic carbocycles. The highest BCUT2D eigenvalue weighted by molar-refractivity contribution is 4.95. The molecule has 0 aliphatic heterocycles. The van der Waals surface area contributed by atoms with Crippen molar-refractivity contribution in [1.29, 1.82) is 0 Å². The van der Waals surface area contributed by atoms with Gasteiger partial charge in [-0.1, -0.05) is 26.7 Å². The van der Waals surface area contributed by atoms with E-state index in [0.29, 0.717) is 6.04 Å². The van der Waals surface area contributed by atoms with Gasteiger partial charge in [-0.3, -0.25) is 0 Å². The lowest BCUT2D eigenvalue weighted by molar-refractivity contribution is 0.240. The quantitative estimate of drug-likeness (QED) is 0.774. The molecular weight excluding hydrogens is 224 g/mol. The van der Waals surface area contributed by atoms with Crippen LogP contribution < -0.4 is 5.73 Å². The molecular formula is C14H28N4. The molecule has 2 N–H and O–H groups in total. The van der Waals surface area contributed by atoms with Gasteiger partial charge in [-0.25, -0.2) is 9.67 Å². The smallest absolute Gasteiger partial charge is 0.138 e. The third-order valence-electron chi connectivity index (χ3n) is 3.91. The maximum atomic E-state index is 6.04. The zero-order valence-electron chi connectivity index (χ0n) is 12.3. The Morgan fingerprint density at radius 2 is 2.11 bits per heavy atom. The standard InChI is InChI=1S/C14H28N4/c1-5-7-8-14(6-2,10-15)9-13-16-11-17-18(13)12(3)4/h11-12H,5-10,15H2,1-4H3. The second kappa shape index (κ2) is 6.88. The van der Waals surface area contributed by atoms with Gasteiger partial charge in [0.1, 0.15) is 12.2 Å². The van der Waals surface area contributed by atoms with Crippen molar-refractivity contribution in [2.24, 2.45) is 11.1 Å². The van der Waals surface area contributed by atoms with Gasteiger partial charge in [0.2, 0.25) is 0 Å². The maximum Gasteiger partial charge on any atom is 0.138 e. The van der Waals surface area contributed by atoms with E-state index in [-0.39, 0.29) is 5.41 Å². The topological polar surface area (TPSA) is 56.7 Å². The first-order chi connectivity index (χ1) is 8.58. The van der Waals surface area contributed by atoms with Crippen molar-refractivity contribution < 1.29 is 0 Å². The lowest BCUT2D eigenvalue weighted by atomic mass is 9.77. The third-order valence-corrected chi connectivity index (χ3v) is 3.91. The first-order valence-corrected chi connectivity index (χ1v) is 7.17. The van der Waals surface area contributed by atoms with Gasteiger partial charge in [-0.2, -0.15) is 5.10 Å². The van der Waals surface area contributed by atoms with Crippen LogP contribution in [0.15, 0.2) is 6.33 Å². The SMILES string of the molecule is CCCCC(CC)(CN)Cc1ncnn1C(C)C. The minimum absolute atomic E-state index is 0.190. The highest BCUT2D eigenvalue weighted by Crippen LogP contribution is 2.31. The Hall–Kier alpha value is -0.900. The number of hydrogen-bond acceptors (Lipinski definition) is 3. The monoisotopic (exact) mass is 252 g/mol. The van der Waals surface area contributed by atoms with Gasteiger partial charge in [-0.15, -0.1) is 0 Å². The van der Waals surface area contributed by atoms with Gasteiger partial charge in [0, 0.05) is 12.5 Å². The highest BCUT2D eigenvalue weighted by atomic mass is 15.3.